The molecule has 0 radical (unpaired) electrons. The number of anilines is 2. The number of rotatable bonds is 4. The Bertz CT molecular complexity index is 731. The van der Waals surface area contributed by atoms with Gasteiger partial charge in [-0.2, -0.15) is 5.26 Å². The van der Waals surface area contributed by atoms with Gasteiger partial charge in [-0.1, -0.05) is 12.1 Å². The second-order valence-corrected chi connectivity index (χ2v) is 5.35. The van der Waals surface area contributed by atoms with Crippen molar-refractivity contribution in [3.05, 3.63) is 59.2 Å². The number of amides is 1. The molecule has 2 aromatic carbocycles. The molecule has 0 fully saturated rings. The molecule has 112 valence electrons. The van der Waals surface area contributed by atoms with E-state index in [4.69, 9.17) is 5.26 Å². The van der Waals surface area contributed by atoms with Crippen molar-refractivity contribution in [1.82, 2.24) is 0 Å². The summed E-state index contributed by atoms with van der Waals surface area (Å²) < 4.78 is 0. The number of hydrogen-bond donors (Lipinski definition) is 2. The summed E-state index contributed by atoms with van der Waals surface area (Å²) in [5.74, 6) is -0.145. The maximum Gasteiger partial charge on any atom is 0.246 e. The van der Waals surface area contributed by atoms with Gasteiger partial charge in [-0.3, -0.25) is 4.79 Å². The monoisotopic (exact) mass is 293 g/mol. The van der Waals surface area contributed by atoms with Crippen molar-refractivity contribution >= 4 is 17.3 Å². The number of hydrogen-bond acceptors (Lipinski definition) is 3. The highest BCUT2D eigenvalue weighted by molar-refractivity contribution is 5.96. The predicted molar refractivity (Wildman–Crippen MR) is 88.8 cm³/mol. The Hall–Kier alpha value is -2.80. The lowest BCUT2D eigenvalue weighted by Crippen LogP contribution is -2.31. The van der Waals surface area contributed by atoms with E-state index < -0.39 is 0 Å². The van der Waals surface area contributed by atoms with E-state index in [-0.39, 0.29) is 11.9 Å². The molecular formula is C18H19N3O. The van der Waals surface area contributed by atoms with Crippen LogP contribution in [-0.2, 0) is 4.79 Å². The number of aryl methyl sites for hydroxylation is 2. The summed E-state index contributed by atoms with van der Waals surface area (Å²) in [6.45, 7) is 5.90. The van der Waals surface area contributed by atoms with Crippen LogP contribution < -0.4 is 10.6 Å². The third kappa shape index (κ3) is 3.86. The Labute approximate surface area is 130 Å². The molecule has 4 nitrogen and oxygen atoms in total. The van der Waals surface area contributed by atoms with Crippen LogP contribution in [0.3, 0.4) is 0 Å². The number of nitriles is 1. The molecule has 22 heavy (non-hydrogen) atoms. The summed E-state index contributed by atoms with van der Waals surface area (Å²) >= 11 is 0. The van der Waals surface area contributed by atoms with Gasteiger partial charge >= 0.3 is 0 Å². The van der Waals surface area contributed by atoms with Crippen molar-refractivity contribution in [2.45, 2.75) is 26.8 Å². The van der Waals surface area contributed by atoms with Crippen LogP contribution in [0.1, 0.15) is 23.6 Å². The van der Waals surface area contributed by atoms with Gasteiger partial charge < -0.3 is 10.6 Å². The zero-order valence-electron chi connectivity index (χ0n) is 13.0. The lowest BCUT2D eigenvalue weighted by molar-refractivity contribution is -0.116. The van der Waals surface area contributed by atoms with Gasteiger partial charge in [0.25, 0.3) is 0 Å². The summed E-state index contributed by atoms with van der Waals surface area (Å²) in [5.41, 5.74) is 4.46. The zero-order chi connectivity index (χ0) is 16.1. The fourth-order valence-electron chi connectivity index (χ4n) is 2.06. The summed E-state index contributed by atoms with van der Waals surface area (Å²) in [6, 6.07) is 14.5. The maximum absolute atomic E-state index is 12.2. The lowest BCUT2D eigenvalue weighted by atomic mass is 10.1. The molecule has 2 aromatic rings. The number of carbonyl (C=O) groups excluding carboxylic acids is 1. The van der Waals surface area contributed by atoms with Gasteiger partial charge in [0.15, 0.2) is 0 Å². The standard InChI is InChI=1S/C18H19N3O/c1-12-7-8-17(9-13(12)2)20-14(3)18(22)21-16-6-4-5-15(10-16)11-19/h4-10,14,20H,1-3H3,(H,21,22)/t14-/m1/s1. The lowest BCUT2D eigenvalue weighted by Gasteiger charge is -2.16. The third-order valence-electron chi connectivity index (χ3n) is 3.54. The van der Waals surface area contributed by atoms with Gasteiger partial charge in [-0.15, -0.1) is 0 Å². The highest BCUT2D eigenvalue weighted by atomic mass is 16.2. The first-order valence-electron chi connectivity index (χ1n) is 7.14. The van der Waals surface area contributed by atoms with Gasteiger partial charge in [0.1, 0.15) is 6.04 Å². The molecule has 2 rings (SSSR count). The van der Waals surface area contributed by atoms with Crippen LogP contribution in [0.4, 0.5) is 11.4 Å². The molecule has 2 N–H and O–H groups in total. The maximum atomic E-state index is 12.2. The first-order chi connectivity index (χ1) is 10.5. The Morgan fingerprint density at radius 1 is 1.09 bits per heavy atom. The second-order valence-electron chi connectivity index (χ2n) is 5.35. The molecule has 0 saturated heterocycles. The van der Waals surface area contributed by atoms with Crippen LogP contribution >= 0.6 is 0 Å². The van der Waals surface area contributed by atoms with Gasteiger partial charge in [0.05, 0.1) is 11.6 Å². The largest absolute Gasteiger partial charge is 0.374 e. The third-order valence-corrected chi connectivity index (χ3v) is 3.54. The topological polar surface area (TPSA) is 64.9 Å². The molecule has 0 aliphatic heterocycles. The smallest absolute Gasteiger partial charge is 0.246 e. The molecule has 1 amide bonds. The molecule has 0 aromatic heterocycles. The summed E-state index contributed by atoms with van der Waals surface area (Å²) in [5, 5.41) is 14.9. The first-order valence-corrected chi connectivity index (χ1v) is 7.14. The van der Waals surface area contributed by atoms with Crippen molar-refractivity contribution in [1.29, 1.82) is 5.26 Å². The van der Waals surface area contributed by atoms with Gasteiger partial charge in [0, 0.05) is 11.4 Å². The Morgan fingerprint density at radius 2 is 1.86 bits per heavy atom. The summed E-state index contributed by atoms with van der Waals surface area (Å²) in [7, 11) is 0. The molecule has 4 heteroatoms. The average molecular weight is 293 g/mol. The normalized spacial score (nSPS) is 11.4. The Morgan fingerprint density at radius 3 is 2.55 bits per heavy atom. The SMILES string of the molecule is Cc1ccc(N[C@H](C)C(=O)Nc2cccc(C#N)c2)cc1C. The van der Waals surface area contributed by atoms with Crippen molar-refractivity contribution in [3.63, 3.8) is 0 Å². The number of carbonyl (C=O) groups is 1. The van der Waals surface area contributed by atoms with Crippen LogP contribution in [-0.4, -0.2) is 11.9 Å². The fraction of sp³-hybridized carbons (Fsp3) is 0.222. The molecule has 0 aliphatic carbocycles. The van der Waals surface area contributed by atoms with Crippen molar-refractivity contribution in [2.24, 2.45) is 0 Å². The molecule has 1 atom stereocenters. The van der Waals surface area contributed by atoms with Crippen molar-refractivity contribution in [2.75, 3.05) is 10.6 Å². The van der Waals surface area contributed by atoms with Crippen LogP contribution in [0.5, 0.6) is 0 Å². The van der Waals surface area contributed by atoms with Crippen molar-refractivity contribution in [3.8, 4) is 6.07 Å². The number of nitrogens with zero attached hydrogens (tertiary/aromatic N) is 1. The zero-order valence-corrected chi connectivity index (χ0v) is 13.0. The quantitative estimate of drug-likeness (QED) is 0.905. The predicted octanol–water partition coefficient (Wildman–Crippen LogP) is 3.61. The van der Waals surface area contributed by atoms with Gasteiger partial charge in [-0.05, 0) is 62.2 Å². The van der Waals surface area contributed by atoms with E-state index in [1.807, 2.05) is 25.1 Å². The number of nitrogens with one attached hydrogen (secondary N) is 2. The minimum absolute atomic E-state index is 0.145. The molecule has 0 saturated carbocycles. The average Bonchev–Trinajstić information content (AvgIpc) is 2.51. The summed E-state index contributed by atoms with van der Waals surface area (Å²) in [6.07, 6.45) is 0. The minimum atomic E-state index is -0.382. The highest BCUT2D eigenvalue weighted by Crippen LogP contribution is 2.16. The van der Waals surface area contributed by atoms with Crippen LogP contribution in [0.25, 0.3) is 0 Å². The van der Waals surface area contributed by atoms with E-state index in [9.17, 15) is 4.79 Å². The van der Waals surface area contributed by atoms with E-state index in [0.29, 0.717) is 11.3 Å². The molecule has 0 unspecified atom stereocenters. The van der Waals surface area contributed by atoms with E-state index >= 15 is 0 Å². The Kier molecular flexibility index (Phi) is 4.80. The minimum Gasteiger partial charge on any atom is -0.374 e. The molecule has 0 bridgehead atoms. The van der Waals surface area contributed by atoms with Crippen LogP contribution in [0.15, 0.2) is 42.5 Å². The number of benzene rings is 2. The fourth-order valence-corrected chi connectivity index (χ4v) is 2.06. The van der Waals surface area contributed by atoms with E-state index in [0.717, 1.165) is 5.69 Å². The highest BCUT2D eigenvalue weighted by Gasteiger charge is 2.13. The van der Waals surface area contributed by atoms with Crippen LogP contribution in [0.2, 0.25) is 0 Å². The van der Waals surface area contributed by atoms with Crippen LogP contribution in [0, 0.1) is 25.2 Å². The molecule has 0 spiro atoms. The van der Waals surface area contributed by atoms with E-state index in [2.05, 4.69) is 23.6 Å². The second kappa shape index (κ2) is 6.77. The van der Waals surface area contributed by atoms with E-state index in [1.54, 1.807) is 31.2 Å². The molecular weight excluding hydrogens is 274 g/mol. The van der Waals surface area contributed by atoms with E-state index in [1.165, 1.54) is 11.1 Å². The first kappa shape index (κ1) is 15.6. The molecule has 0 aliphatic rings. The Balaban J connectivity index is 2.02. The summed E-state index contributed by atoms with van der Waals surface area (Å²) in [4.78, 5) is 12.2. The molecule has 0 heterocycles. The van der Waals surface area contributed by atoms with Crippen molar-refractivity contribution < 1.29 is 4.79 Å². The van der Waals surface area contributed by atoms with Gasteiger partial charge in [0.2, 0.25) is 5.91 Å². The van der Waals surface area contributed by atoms with Gasteiger partial charge in [-0.25, -0.2) is 0 Å².